The number of hydrogen-bond donors (Lipinski definition) is 0. The van der Waals surface area contributed by atoms with Gasteiger partial charge in [0.15, 0.2) is 17.6 Å². The molecule has 2 aromatic carbocycles. The van der Waals surface area contributed by atoms with E-state index in [2.05, 4.69) is 4.90 Å². The normalized spacial score (nSPS) is 20.9. The highest BCUT2D eigenvalue weighted by molar-refractivity contribution is 5.95. The Morgan fingerprint density at radius 3 is 2.66 bits per heavy atom. The molecular formula is C22H22N2O5. The molecule has 0 N–H and O–H groups in total. The van der Waals surface area contributed by atoms with Crippen molar-refractivity contribution in [2.75, 3.05) is 33.0 Å². The Balaban J connectivity index is 1.18. The molecule has 3 aliphatic rings. The Labute approximate surface area is 168 Å². The molecule has 1 saturated heterocycles. The molecule has 0 radical (unpaired) electrons. The summed E-state index contributed by atoms with van der Waals surface area (Å²) in [6.45, 7) is 3.87. The van der Waals surface area contributed by atoms with E-state index in [0.29, 0.717) is 25.1 Å². The summed E-state index contributed by atoms with van der Waals surface area (Å²) in [6, 6.07) is 13.3. The van der Waals surface area contributed by atoms with Crippen LogP contribution in [0.3, 0.4) is 0 Å². The van der Waals surface area contributed by atoms with Gasteiger partial charge in [0, 0.05) is 39.1 Å². The van der Waals surface area contributed by atoms with Crippen molar-refractivity contribution in [1.82, 2.24) is 9.80 Å². The first-order chi connectivity index (χ1) is 14.2. The number of esters is 1. The van der Waals surface area contributed by atoms with Crippen molar-refractivity contribution in [3.8, 4) is 11.5 Å². The smallest absolute Gasteiger partial charge is 0.339 e. The van der Waals surface area contributed by atoms with E-state index in [0.717, 1.165) is 42.3 Å². The summed E-state index contributed by atoms with van der Waals surface area (Å²) in [5.41, 5.74) is 2.60. The molecule has 3 heterocycles. The van der Waals surface area contributed by atoms with Gasteiger partial charge in [-0.3, -0.25) is 9.69 Å². The SMILES string of the molecule is O=C1O[C@@H](C(=O)N2CCN(Cc3ccc4c(c3)OCO4)CC2)Cc2ccccc21. The number of rotatable bonds is 3. The highest BCUT2D eigenvalue weighted by Crippen LogP contribution is 2.33. The molecule has 1 fully saturated rings. The lowest BCUT2D eigenvalue weighted by Gasteiger charge is -2.37. The van der Waals surface area contributed by atoms with E-state index >= 15 is 0 Å². The summed E-state index contributed by atoms with van der Waals surface area (Å²) in [5.74, 6) is 1.06. The molecule has 5 rings (SSSR count). The molecule has 29 heavy (non-hydrogen) atoms. The summed E-state index contributed by atoms with van der Waals surface area (Å²) in [7, 11) is 0. The number of benzene rings is 2. The number of carbonyl (C=O) groups is 2. The van der Waals surface area contributed by atoms with Crippen molar-refractivity contribution in [3.05, 3.63) is 59.2 Å². The molecule has 7 heteroatoms. The fraction of sp³-hybridized carbons (Fsp3) is 0.364. The van der Waals surface area contributed by atoms with Gasteiger partial charge in [-0.25, -0.2) is 4.79 Å². The second-order valence-electron chi connectivity index (χ2n) is 7.54. The number of fused-ring (bicyclic) bond motifs is 2. The highest BCUT2D eigenvalue weighted by atomic mass is 16.7. The average Bonchev–Trinajstić information content (AvgIpc) is 3.22. The lowest BCUT2D eigenvalue weighted by atomic mass is 9.98. The van der Waals surface area contributed by atoms with E-state index in [1.165, 1.54) is 0 Å². The predicted octanol–water partition coefficient (Wildman–Crippen LogP) is 1.84. The second kappa shape index (κ2) is 7.40. The number of nitrogens with zero attached hydrogens (tertiary/aromatic N) is 2. The average molecular weight is 394 g/mol. The molecule has 1 atom stereocenters. The van der Waals surface area contributed by atoms with Gasteiger partial charge in [-0.15, -0.1) is 0 Å². The van der Waals surface area contributed by atoms with Crippen molar-refractivity contribution < 1.29 is 23.8 Å². The van der Waals surface area contributed by atoms with Gasteiger partial charge in [0.2, 0.25) is 6.79 Å². The van der Waals surface area contributed by atoms with Crippen LogP contribution >= 0.6 is 0 Å². The molecule has 2 aromatic rings. The van der Waals surface area contributed by atoms with Crippen molar-refractivity contribution >= 4 is 11.9 Å². The number of hydrogen-bond acceptors (Lipinski definition) is 6. The van der Waals surface area contributed by atoms with E-state index in [4.69, 9.17) is 14.2 Å². The van der Waals surface area contributed by atoms with Crippen LogP contribution in [-0.2, 0) is 22.5 Å². The van der Waals surface area contributed by atoms with E-state index < -0.39 is 12.1 Å². The van der Waals surface area contributed by atoms with Gasteiger partial charge in [0.1, 0.15) is 0 Å². The summed E-state index contributed by atoms with van der Waals surface area (Å²) < 4.78 is 16.2. The molecule has 0 aliphatic carbocycles. The van der Waals surface area contributed by atoms with Crippen molar-refractivity contribution in [1.29, 1.82) is 0 Å². The van der Waals surface area contributed by atoms with Gasteiger partial charge in [-0.2, -0.15) is 0 Å². The topological polar surface area (TPSA) is 68.3 Å². The Hall–Kier alpha value is -3.06. The predicted molar refractivity (Wildman–Crippen MR) is 104 cm³/mol. The standard InChI is InChI=1S/C22H22N2O5/c25-21(20-12-16-3-1-2-4-17(16)22(26)29-20)24-9-7-23(8-10-24)13-15-5-6-18-19(11-15)28-14-27-18/h1-6,11,20H,7-10,12-14H2/t20-/m1/s1. The maximum absolute atomic E-state index is 12.9. The van der Waals surface area contributed by atoms with E-state index in [-0.39, 0.29) is 12.7 Å². The molecule has 1 amide bonds. The Kier molecular flexibility index (Phi) is 4.60. The largest absolute Gasteiger partial charge is 0.454 e. The van der Waals surface area contributed by atoms with Crippen LogP contribution in [0.5, 0.6) is 11.5 Å². The quantitative estimate of drug-likeness (QED) is 0.740. The molecule has 0 bridgehead atoms. The fourth-order valence-electron chi connectivity index (χ4n) is 4.10. The molecule has 0 spiro atoms. The molecule has 0 saturated carbocycles. The van der Waals surface area contributed by atoms with Crippen LogP contribution in [0.25, 0.3) is 0 Å². The third-order valence-electron chi connectivity index (χ3n) is 5.69. The third-order valence-corrected chi connectivity index (χ3v) is 5.69. The molecular weight excluding hydrogens is 372 g/mol. The molecule has 0 aromatic heterocycles. The van der Waals surface area contributed by atoms with Crippen molar-refractivity contribution in [3.63, 3.8) is 0 Å². The maximum atomic E-state index is 12.9. The number of cyclic esters (lactones) is 1. The zero-order chi connectivity index (χ0) is 19.8. The van der Waals surface area contributed by atoms with Crippen LogP contribution in [0.4, 0.5) is 0 Å². The van der Waals surface area contributed by atoms with Gasteiger partial charge in [-0.05, 0) is 29.3 Å². The Morgan fingerprint density at radius 1 is 1.00 bits per heavy atom. The number of carbonyl (C=O) groups excluding carboxylic acids is 2. The molecule has 0 unspecified atom stereocenters. The first kappa shape index (κ1) is 18.0. The van der Waals surface area contributed by atoms with Crippen LogP contribution in [0.1, 0.15) is 21.5 Å². The fourth-order valence-corrected chi connectivity index (χ4v) is 4.10. The minimum Gasteiger partial charge on any atom is -0.454 e. The van der Waals surface area contributed by atoms with Gasteiger partial charge >= 0.3 is 5.97 Å². The van der Waals surface area contributed by atoms with Crippen LogP contribution in [0.2, 0.25) is 0 Å². The lowest BCUT2D eigenvalue weighted by Crippen LogP contribution is -2.52. The van der Waals surface area contributed by atoms with E-state index in [9.17, 15) is 9.59 Å². The first-order valence-corrected chi connectivity index (χ1v) is 9.86. The van der Waals surface area contributed by atoms with Gasteiger partial charge in [0.25, 0.3) is 5.91 Å². The Morgan fingerprint density at radius 2 is 1.79 bits per heavy atom. The molecule has 3 aliphatic heterocycles. The summed E-state index contributed by atoms with van der Waals surface area (Å²) in [6.07, 6.45) is -0.282. The molecule has 7 nitrogen and oxygen atoms in total. The van der Waals surface area contributed by atoms with Crippen LogP contribution in [-0.4, -0.2) is 60.8 Å². The van der Waals surface area contributed by atoms with Crippen LogP contribution < -0.4 is 9.47 Å². The zero-order valence-corrected chi connectivity index (χ0v) is 16.0. The van der Waals surface area contributed by atoms with E-state index in [1.54, 1.807) is 6.07 Å². The van der Waals surface area contributed by atoms with Crippen LogP contribution in [0, 0.1) is 0 Å². The van der Waals surface area contributed by atoms with Gasteiger partial charge in [-0.1, -0.05) is 24.3 Å². The number of amides is 1. The monoisotopic (exact) mass is 394 g/mol. The van der Waals surface area contributed by atoms with Crippen LogP contribution in [0.15, 0.2) is 42.5 Å². The second-order valence-corrected chi connectivity index (χ2v) is 7.54. The minimum absolute atomic E-state index is 0.101. The highest BCUT2D eigenvalue weighted by Gasteiger charge is 2.34. The van der Waals surface area contributed by atoms with Gasteiger partial charge < -0.3 is 19.1 Å². The lowest BCUT2D eigenvalue weighted by molar-refractivity contribution is -0.142. The maximum Gasteiger partial charge on any atom is 0.339 e. The first-order valence-electron chi connectivity index (χ1n) is 9.86. The third kappa shape index (κ3) is 3.53. The summed E-state index contributed by atoms with van der Waals surface area (Å²) in [4.78, 5) is 29.2. The zero-order valence-electron chi connectivity index (χ0n) is 16.0. The number of piperazine rings is 1. The Bertz CT molecular complexity index is 952. The summed E-state index contributed by atoms with van der Waals surface area (Å²) >= 11 is 0. The summed E-state index contributed by atoms with van der Waals surface area (Å²) in [5, 5.41) is 0. The van der Waals surface area contributed by atoms with E-state index in [1.807, 2.05) is 41.3 Å². The minimum atomic E-state index is -0.724. The van der Waals surface area contributed by atoms with Crippen molar-refractivity contribution in [2.45, 2.75) is 19.1 Å². The van der Waals surface area contributed by atoms with Crippen molar-refractivity contribution in [2.24, 2.45) is 0 Å². The van der Waals surface area contributed by atoms with Gasteiger partial charge in [0.05, 0.1) is 5.56 Å². The number of ether oxygens (including phenoxy) is 3. The molecule has 150 valence electrons.